The molecule has 134 valence electrons. The van der Waals surface area contributed by atoms with E-state index in [4.69, 9.17) is 4.42 Å². The number of rotatable bonds is 6. The fourth-order valence-corrected chi connectivity index (χ4v) is 5.16. The minimum absolute atomic E-state index is 0.0286. The highest BCUT2D eigenvalue weighted by Crippen LogP contribution is 2.60. The molecule has 0 aliphatic heterocycles. The number of aliphatic hydroxyl groups is 1. The van der Waals surface area contributed by atoms with Crippen LogP contribution in [0.1, 0.15) is 65.2 Å². The second-order valence-electron chi connectivity index (χ2n) is 6.93. The van der Waals surface area contributed by atoms with Crippen molar-refractivity contribution < 1.29 is 9.52 Å². The van der Waals surface area contributed by atoms with Crippen molar-refractivity contribution in [2.75, 3.05) is 0 Å². The van der Waals surface area contributed by atoms with E-state index in [0.29, 0.717) is 5.76 Å². The summed E-state index contributed by atoms with van der Waals surface area (Å²) in [6, 6.07) is 3.73. The van der Waals surface area contributed by atoms with E-state index in [1.807, 2.05) is 12.1 Å². The number of aliphatic hydroxyl groups excluding tert-OH is 1. The van der Waals surface area contributed by atoms with Crippen molar-refractivity contribution in [3.63, 3.8) is 0 Å². The molecule has 1 spiro atoms. The lowest BCUT2D eigenvalue weighted by atomic mass is 9.61. The zero-order valence-electron chi connectivity index (χ0n) is 15.9. The lowest BCUT2D eigenvalue weighted by molar-refractivity contribution is 0.0727. The Bertz CT molecular complexity index is 700. The Morgan fingerprint density at radius 1 is 1.00 bits per heavy atom. The van der Waals surface area contributed by atoms with Gasteiger partial charge in [0.25, 0.3) is 0 Å². The highest BCUT2D eigenvalue weighted by molar-refractivity contribution is 5.59. The lowest BCUT2D eigenvalue weighted by Gasteiger charge is -2.42. The maximum Gasteiger partial charge on any atom is 0.132 e. The number of hydrogen-bond donors (Lipinski definition) is 1. The fourth-order valence-electron chi connectivity index (χ4n) is 5.16. The molecule has 0 saturated heterocycles. The molecular formula is C23H30O2. The fraction of sp³-hybridized carbons (Fsp3) is 0.478. The normalized spacial score (nSPS) is 23.2. The second-order valence-corrected chi connectivity index (χ2v) is 6.93. The molecule has 3 rings (SSSR count). The molecule has 0 saturated carbocycles. The Morgan fingerprint density at radius 2 is 1.64 bits per heavy atom. The average molecular weight is 338 g/mol. The molecule has 0 bridgehead atoms. The Morgan fingerprint density at radius 3 is 2.12 bits per heavy atom. The summed E-state index contributed by atoms with van der Waals surface area (Å²) >= 11 is 0. The molecule has 2 aliphatic rings. The van der Waals surface area contributed by atoms with E-state index in [1.165, 1.54) is 22.3 Å². The standard InChI is InChI=1S/C23H30O2/c1-5-16-17(6-2)19(8-4)23(18(16)7-3)14-10-9-12-20(23)22(24)21-13-11-15-25-21/h9-15,20,22,24H,5-8H2,1-4H3. The van der Waals surface area contributed by atoms with Gasteiger partial charge in [-0.25, -0.2) is 0 Å². The van der Waals surface area contributed by atoms with E-state index in [1.54, 1.807) is 6.26 Å². The molecule has 2 unspecified atom stereocenters. The molecule has 1 aromatic heterocycles. The summed E-state index contributed by atoms with van der Waals surface area (Å²) in [5, 5.41) is 11.2. The third-order valence-electron chi connectivity index (χ3n) is 6.00. The molecule has 2 heteroatoms. The third-order valence-corrected chi connectivity index (χ3v) is 6.00. The Balaban J connectivity index is 2.21. The highest BCUT2D eigenvalue weighted by atomic mass is 16.4. The topological polar surface area (TPSA) is 33.4 Å². The monoisotopic (exact) mass is 338 g/mol. The molecule has 1 aromatic rings. The van der Waals surface area contributed by atoms with Crippen molar-refractivity contribution in [1.29, 1.82) is 0 Å². The lowest BCUT2D eigenvalue weighted by Crippen LogP contribution is -2.35. The summed E-state index contributed by atoms with van der Waals surface area (Å²) in [5.74, 6) is 0.623. The van der Waals surface area contributed by atoms with Crippen molar-refractivity contribution >= 4 is 0 Å². The number of furan rings is 1. The summed E-state index contributed by atoms with van der Waals surface area (Å²) in [5.41, 5.74) is 5.79. The minimum atomic E-state index is -0.645. The van der Waals surface area contributed by atoms with Crippen LogP contribution < -0.4 is 0 Å². The molecule has 2 atom stereocenters. The molecular weight excluding hydrogens is 308 g/mol. The van der Waals surface area contributed by atoms with Crippen molar-refractivity contribution in [2.45, 2.75) is 59.5 Å². The maximum atomic E-state index is 11.2. The molecule has 2 aliphatic carbocycles. The van der Waals surface area contributed by atoms with Crippen LogP contribution in [0.25, 0.3) is 0 Å². The van der Waals surface area contributed by atoms with Crippen LogP contribution in [0.15, 0.2) is 69.4 Å². The van der Waals surface area contributed by atoms with Gasteiger partial charge in [-0.2, -0.15) is 0 Å². The van der Waals surface area contributed by atoms with E-state index < -0.39 is 6.10 Å². The third kappa shape index (κ3) is 2.58. The number of hydrogen-bond acceptors (Lipinski definition) is 2. The van der Waals surface area contributed by atoms with E-state index in [9.17, 15) is 5.11 Å². The van der Waals surface area contributed by atoms with Crippen LogP contribution in [-0.2, 0) is 0 Å². The largest absolute Gasteiger partial charge is 0.467 e. The van der Waals surface area contributed by atoms with Crippen LogP contribution in [-0.4, -0.2) is 5.11 Å². The van der Waals surface area contributed by atoms with Gasteiger partial charge in [0.05, 0.1) is 6.26 Å². The molecule has 0 fully saturated rings. The van der Waals surface area contributed by atoms with Crippen LogP contribution in [0.4, 0.5) is 0 Å². The van der Waals surface area contributed by atoms with Crippen LogP contribution >= 0.6 is 0 Å². The van der Waals surface area contributed by atoms with Gasteiger partial charge in [-0.1, -0.05) is 63.1 Å². The van der Waals surface area contributed by atoms with Gasteiger partial charge in [-0.05, 0) is 49.0 Å². The van der Waals surface area contributed by atoms with Gasteiger partial charge in [-0.3, -0.25) is 0 Å². The van der Waals surface area contributed by atoms with E-state index in [0.717, 1.165) is 25.7 Å². The van der Waals surface area contributed by atoms with Gasteiger partial charge in [0.15, 0.2) is 0 Å². The SMILES string of the molecule is CCC1=C(CC)C2(C=CC=CC2C(O)c2ccco2)C(CC)=C1CC. The summed E-state index contributed by atoms with van der Waals surface area (Å²) < 4.78 is 5.56. The molecule has 2 nitrogen and oxygen atoms in total. The highest BCUT2D eigenvalue weighted by Gasteiger charge is 2.50. The summed E-state index contributed by atoms with van der Waals surface area (Å²) in [6.07, 6.45) is 13.9. The van der Waals surface area contributed by atoms with Gasteiger partial charge in [0.1, 0.15) is 11.9 Å². The van der Waals surface area contributed by atoms with Gasteiger partial charge in [0.2, 0.25) is 0 Å². The van der Waals surface area contributed by atoms with Gasteiger partial charge >= 0.3 is 0 Å². The van der Waals surface area contributed by atoms with Crippen LogP contribution in [0.2, 0.25) is 0 Å². The van der Waals surface area contributed by atoms with Crippen molar-refractivity contribution in [3.8, 4) is 0 Å². The first-order valence-corrected chi connectivity index (χ1v) is 9.68. The summed E-state index contributed by atoms with van der Waals surface area (Å²) in [7, 11) is 0. The van der Waals surface area contributed by atoms with Crippen LogP contribution in [0, 0.1) is 11.3 Å². The van der Waals surface area contributed by atoms with Gasteiger partial charge in [-0.15, -0.1) is 0 Å². The average Bonchev–Trinajstić information content (AvgIpc) is 3.26. The first-order chi connectivity index (χ1) is 12.1. The Hall–Kier alpha value is -1.80. The summed E-state index contributed by atoms with van der Waals surface area (Å²) in [4.78, 5) is 0. The molecule has 1 heterocycles. The molecule has 1 N–H and O–H groups in total. The minimum Gasteiger partial charge on any atom is -0.467 e. The molecule has 0 radical (unpaired) electrons. The predicted molar refractivity (Wildman–Crippen MR) is 103 cm³/mol. The van der Waals surface area contributed by atoms with E-state index >= 15 is 0 Å². The number of allylic oxidation sites excluding steroid dienone is 7. The van der Waals surface area contributed by atoms with Gasteiger partial charge < -0.3 is 9.52 Å². The van der Waals surface area contributed by atoms with Crippen molar-refractivity contribution in [1.82, 2.24) is 0 Å². The van der Waals surface area contributed by atoms with Crippen LogP contribution in [0.3, 0.4) is 0 Å². The molecule has 0 aromatic carbocycles. The second kappa shape index (κ2) is 7.21. The summed E-state index contributed by atoms with van der Waals surface area (Å²) in [6.45, 7) is 9.02. The van der Waals surface area contributed by atoms with Gasteiger partial charge in [0, 0.05) is 11.3 Å². The maximum absolute atomic E-state index is 11.2. The Kier molecular flexibility index (Phi) is 5.19. The Labute approximate surface area is 151 Å². The predicted octanol–water partition coefficient (Wildman–Crippen LogP) is 6.29. The van der Waals surface area contributed by atoms with Crippen molar-refractivity contribution in [2.24, 2.45) is 11.3 Å². The van der Waals surface area contributed by atoms with Crippen molar-refractivity contribution in [3.05, 3.63) is 70.8 Å². The van der Waals surface area contributed by atoms with E-state index in [2.05, 4.69) is 52.0 Å². The quantitative estimate of drug-likeness (QED) is 0.661. The molecule has 0 amide bonds. The zero-order valence-corrected chi connectivity index (χ0v) is 15.9. The zero-order chi connectivity index (χ0) is 18.0. The first kappa shape index (κ1) is 18.0. The first-order valence-electron chi connectivity index (χ1n) is 9.68. The smallest absolute Gasteiger partial charge is 0.132 e. The van der Waals surface area contributed by atoms with E-state index in [-0.39, 0.29) is 11.3 Å². The molecule has 25 heavy (non-hydrogen) atoms. The van der Waals surface area contributed by atoms with Crippen LogP contribution in [0.5, 0.6) is 0 Å².